The Kier molecular flexibility index (Phi) is 5.75. The number of hydroxylamine groups is 1. The molecule has 9 heteroatoms. The fraction of sp³-hybridized carbons (Fsp3) is 0.435. The second-order valence-electron chi connectivity index (χ2n) is 8.75. The lowest BCUT2D eigenvalue weighted by Crippen LogP contribution is -2.29. The molecule has 2 atom stereocenters. The highest BCUT2D eigenvalue weighted by atomic mass is 35.5. The van der Waals surface area contributed by atoms with E-state index in [1.165, 1.54) is 28.9 Å². The largest absolute Gasteiger partial charge is 0.347 e. The Balaban J connectivity index is 1.15. The number of fused-ring (bicyclic) bond motifs is 2. The minimum atomic E-state index is -0.605. The summed E-state index contributed by atoms with van der Waals surface area (Å²) in [6.07, 6.45) is 6.24. The van der Waals surface area contributed by atoms with Crippen LogP contribution in [0.2, 0.25) is 5.02 Å². The first-order valence-electron chi connectivity index (χ1n) is 11.1. The Bertz CT molecular complexity index is 1120. The molecule has 2 fully saturated rings. The summed E-state index contributed by atoms with van der Waals surface area (Å²) in [7, 11) is 0. The van der Waals surface area contributed by atoms with Crippen LogP contribution in [0, 0.1) is 17.8 Å². The van der Waals surface area contributed by atoms with Crippen LogP contribution >= 0.6 is 11.6 Å². The topological polar surface area (TPSA) is 95.3 Å². The number of hydrogen-bond donors (Lipinski definition) is 3. The van der Waals surface area contributed by atoms with Crippen LogP contribution < -0.4 is 15.7 Å². The number of nitrogens with zero attached hydrogens (tertiary/aromatic N) is 4. The van der Waals surface area contributed by atoms with Gasteiger partial charge in [-0.2, -0.15) is 0 Å². The number of halogens is 1. The third kappa shape index (κ3) is 3.94. The van der Waals surface area contributed by atoms with Crippen molar-refractivity contribution in [3.8, 4) is 0 Å². The first kappa shape index (κ1) is 21.2. The second kappa shape index (κ2) is 8.69. The van der Waals surface area contributed by atoms with Crippen molar-refractivity contribution in [2.45, 2.75) is 26.4 Å². The van der Waals surface area contributed by atoms with Gasteiger partial charge in [-0.05, 0) is 54.5 Å². The number of hydrogen-bond acceptors (Lipinski definition) is 6. The zero-order chi connectivity index (χ0) is 22.2. The van der Waals surface area contributed by atoms with E-state index >= 15 is 0 Å². The van der Waals surface area contributed by atoms with Gasteiger partial charge in [0.05, 0.1) is 5.56 Å². The van der Waals surface area contributed by atoms with Crippen LogP contribution in [0.4, 0.5) is 5.95 Å². The summed E-state index contributed by atoms with van der Waals surface area (Å²) in [6, 6.07) is 6.14. The highest BCUT2D eigenvalue weighted by Gasteiger charge is 2.55. The Labute approximate surface area is 191 Å². The smallest absolute Gasteiger partial charge is 0.277 e. The van der Waals surface area contributed by atoms with E-state index in [0.717, 1.165) is 44.2 Å². The van der Waals surface area contributed by atoms with E-state index in [2.05, 4.69) is 50.0 Å². The van der Waals surface area contributed by atoms with Gasteiger partial charge in [-0.3, -0.25) is 10.0 Å². The van der Waals surface area contributed by atoms with Gasteiger partial charge in [0, 0.05) is 60.7 Å². The Morgan fingerprint density at radius 3 is 2.69 bits per heavy atom. The number of carbonyl (C=O) groups excluding carboxylic acids is 1. The molecule has 0 bridgehead atoms. The first-order valence-corrected chi connectivity index (χ1v) is 11.5. The number of benzene rings is 1. The number of anilines is 1. The quantitative estimate of drug-likeness (QED) is 0.357. The lowest BCUT2D eigenvalue weighted by atomic mass is 10.1. The molecule has 3 N–H and O–H groups in total. The molecule has 1 aliphatic heterocycles. The SMILES string of the molecule is CCCn1cc(CNCC2C3CN(c4ncc(C(=O)NO)cn4)CC23)c2cc(Cl)ccc21. The molecule has 1 aliphatic carbocycles. The van der Waals surface area contributed by atoms with Crippen molar-refractivity contribution in [1.82, 2.24) is 25.3 Å². The summed E-state index contributed by atoms with van der Waals surface area (Å²) in [4.78, 5) is 22.1. The number of nitrogens with one attached hydrogen (secondary N) is 2. The van der Waals surface area contributed by atoms with Gasteiger partial charge < -0.3 is 14.8 Å². The normalized spacial score (nSPS) is 21.7. The average Bonchev–Trinajstić information content (AvgIpc) is 3.11. The fourth-order valence-corrected chi connectivity index (χ4v) is 5.24. The van der Waals surface area contributed by atoms with E-state index < -0.39 is 5.91 Å². The van der Waals surface area contributed by atoms with Crippen molar-refractivity contribution >= 4 is 34.4 Å². The molecule has 8 nitrogen and oxygen atoms in total. The maximum atomic E-state index is 11.4. The zero-order valence-corrected chi connectivity index (χ0v) is 18.7. The van der Waals surface area contributed by atoms with E-state index in [-0.39, 0.29) is 5.56 Å². The Morgan fingerprint density at radius 2 is 2.00 bits per heavy atom. The van der Waals surface area contributed by atoms with Crippen LogP contribution in [0.1, 0.15) is 29.3 Å². The molecule has 168 valence electrons. The molecule has 2 unspecified atom stereocenters. The Hall–Kier alpha value is -2.68. The summed E-state index contributed by atoms with van der Waals surface area (Å²) >= 11 is 6.26. The van der Waals surface area contributed by atoms with Gasteiger partial charge in [-0.15, -0.1) is 0 Å². The van der Waals surface area contributed by atoms with Crippen molar-refractivity contribution in [3.63, 3.8) is 0 Å². The first-order chi connectivity index (χ1) is 15.6. The molecule has 5 rings (SSSR count). The van der Waals surface area contributed by atoms with Gasteiger partial charge in [0.2, 0.25) is 5.95 Å². The molecule has 1 saturated carbocycles. The maximum absolute atomic E-state index is 11.4. The lowest BCUT2D eigenvalue weighted by molar-refractivity contribution is 0.0705. The van der Waals surface area contributed by atoms with Crippen LogP contribution in [0.25, 0.3) is 10.9 Å². The molecule has 2 aliphatic rings. The predicted octanol–water partition coefficient (Wildman–Crippen LogP) is 3.09. The van der Waals surface area contributed by atoms with Gasteiger partial charge in [-0.1, -0.05) is 18.5 Å². The summed E-state index contributed by atoms with van der Waals surface area (Å²) in [5.74, 6) is 2.02. The number of rotatable bonds is 8. The molecular formula is C23H27ClN6O2. The molecule has 1 saturated heterocycles. The van der Waals surface area contributed by atoms with E-state index in [0.29, 0.717) is 23.7 Å². The molecule has 0 radical (unpaired) electrons. The molecule has 3 heterocycles. The van der Waals surface area contributed by atoms with Crippen molar-refractivity contribution < 1.29 is 10.0 Å². The summed E-state index contributed by atoms with van der Waals surface area (Å²) in [5.41, 5.74) is 4.37. The molecule has 1 amide bonds. The highest BCUT2D eigenvalue weighted by Crippen LogP contribution is 2.51. The van der Waals surface area contributed by atoms with Crippen molar-refractivity contribution in [2.75, 3.05) is 24.5 Å². The van der Waals surface area contributed by atoms with Crippen LogP contribution in [0.5, 0.6) is 0 Å². The fourth-order valence-electron chi connectivity index (χ4n) is 5.07. The molecule has 2 aromatic heterocycles. The van der Waals surface area contributed by atoms with Crippen molar-refractivity contribution in [2.24, 2.45) is 17.8 Å². The standard InChI is InChI=1S/C23H27ClN6O2/c1-2-5-29-11-15(17-6-16(24)3-4-21(17)29)7-25-10-18-19-12-30(13-20(18)19)23-26-8-14(9-27-23)22(31)28-32/h3-4,6,8-9,11,18-20,25,32H,2,5,7,10,12-13H2,1H3,(H,28,31). The van der Waals surface area contributed by atoms with Crippen LogP contribution in [0.3, 0.4) is 0 Å². The minimum absolute atomic E-state index is 0.240. The van der Waals surface area contributed by atoms with Gasteiger partial charge in [-0.25, -0.2) is 15.4 Å². The summed E-state index contributed by atoms with van der Waals surface area (Å²) < 4.78 is 2.32. The Morgan fingerprint density at radius 1 is 1.25 bits per heavy atom. The number of aromatic nitrogens is 3. The average molecular weight is 455 g/mol. The van der Waals surface area contributed by atoms with E-state index in [4.69, 9.17) is 16.8 Å². The van der Waals surface area contributed by atoms with E-state index in [9.17, 15) is 4.79 Å². The lowest BCUT2D eigenvalue weighted by Gasteiger charge is -2.19. The van der Waals surface area contributed by atoms with Gasteiger partial charge in [0.1, 0.15) is 0 Å². The number of piperidine rings is 1. The zero-order valence-electron chi connectivity index (χ0n) is 18.0. The van der Waals surface area contributed by atoms with Gasteiger partial charge in [0.15, 0.2) is 0 Å². The monoisotopic (exact) mass is 454 g/mol. The molecule has 3 aromatic rings. The van der Waals surface area contributed by atoms with E-state index in [1.54, 1.807) is 5.48 Å². The molecule has 0 spiro atoms. The maximum Gasteiger partial charge on any atom is 0.277 e. The third-order valence-corrected chi connectivity index (χ3v) is 6.98. The number of amides is 1. The number of aryl methyl sites for hydroxylation is 1. The summed E-state index contributed by atoms with van der Waals surface area (Å²) in [6.45, 7) is 6.92. The van der Waals surface area contributed by atoms with Crippen molar-refractivity contribution in [1.29, 1.82) is 0 Å². The van der Waals surface area contributed by atoms with Crippen LogP contribution in [-0.2, 0) is 13.1 Å². The second-order valence-corrected chi connectivity index (χ2v) is 9.19. The highest BCUT2D eigenvalue weighted by molar-refractivity contribution is 6.31. The molecule has 32 heavy (non-hydrogen) atoms. The minimum Gasteiger partial charge on any atom is -0.347 e. The van der Waals surface area contributed by atoms with Gasteiger partial charge in [0.25, 0.3) is 5.91 Å². The van der Waals surface area contributed by atoms with Gasteiger partial charge >= 0.3 is 0 Å². The van der Waals surface area contributed by atoms with Crippen LogP contribution in [0.15, 0.2) is 36.8 Å². The molecule has 1 aromatic carbocycles. The predicted molar refractivity (Wildman–Crippen MR) is 123 cm³/mol. The van der Waals surface area contributed by atoms with Crippen LogP contribution in [-0.4, -0.2) is 45.3 Å². The summed E-state index contributed by atoms with van der Waals surface area (Å²) in [5, 5.41) is 14.4. The molecular weight excluding hydrogens is 428 g/mol. The third-order valence-electron chi connectivity index (χ3n) is 6.74. The van der Waals surface area contributed by atoms with Crippen molar-refractivity contribution in [3.05, 3.63) is 52.9 Å². The van der Waals surface area contributed by atoms with E-state index in [1.807, 2.05) is 6.07 Å². The number of carbonyl (C=O) groups is 1.